The molecule has 0 aliphatic carbocycles. The predicted octanol–water partition coefficient (Wildman–Crippen LogP) is 4.08. The van der Waals surface area contributed by atoms with Crippen LogP contribution < -0.4 is 5.73 Å². The highest BCUT2D eigenvalue weighted by Crippen LogP contribution is 2.29. The Bertz CT molecular complexity index is 847. The fourth-order valence-electron chi connectivity index (χ4n) is 2.31. The number of hydrogen-bond acceptors (Lipinski definition) is 2. The predicted molar refractivity (Wildman–Crippen MR) is 82.3 cm³/mol. The van der Waals surface area contributed by atoms with E-state index in [0.717, 1.165) is 5.52 Å². The number of benzene rings is 2. The Morgan fingerprint density at radius 3 is 2.81 bits per heavy atom. The normalized spacial score (nSPS) is 11.0. The Morgan fingerprint density at radius 1 is 1.33 bits per heavy atom. The minimum absolute atomic E-state index is 0.205. The molecule has 0 saturated carbocycles. The lowest BCUT2D eigenvalue weighted by atomic mass is 10.0. The van der Waals surface area contributed by atoms with Crippen LogP contribution in [0.25, 0.3) is 10.9 Å². The number of anilines is 1. The van der Waals surface area contributed by atoms with Crippen molar-refractivity contribution in [1.82, 2.24) is 4.98 Å². The maximum absolute atomic E-state index is 13.8. The smallest absolute Gasteiger partial charge is 0.195 e. The van der Waals surface area contributed by atoms with Crippen LogP contribution in [-0.4, -0.2) is 10.8 Å². The number of nitrogen functional groups attached to an aromatic ring is 1. The van der Waals surface area contributed by atoms with Crippen molar-refractivity contribution in [2.75, 3.05) is 5.73 Å². The minimum atomic E-state index is -0.496. The van der Waals surface area contributed by atoms with Gasteiger partial charge in [-0.1, -0.05) is 17.7 Å². The highest BCUT2D eigenvalue weighted by Gasteiger charge is 2.18. The van der Waals surface area contributed by atoms with Crippen molar-refractivity contribution in [3.05, 3.63) is 64.1 Å². The van der Waals surface area contributed by atoms with Gasteiger partial charge in [-0.15, -0.1) is 0 Å². The van der Waals surface area contributed by atoms with Crippen LogP contribution in [0.15, 0.2) is 36.5 Å². The molecule has 3 rings (SSSR count). The molecule has 0 fully saturated rings. The average Bonchev–Trinajstić information content (AvgIpc) is 2.89. The van der Waals surface area contributed by atoms with Crippen molar-refractivity contribution >= 4 is 34.0 Å². The van der Waals surface area contributed by atoms with Crippen LogP contribution in [0.2, 0.25) is 5.02 Å². The number of nitrogens with one attached hydrogen (secondary N) is 1. The highest BCUT2D eigenvalue weighted by molar-refractivity contribution is 6.37. The Hall–Kier alpha value is -2.33. The van der Waals surface area contributed by atoms with Crippen molar-refractivity contribution in [1.29, 1.82) is 0 Å². The van der Waals surface area contributed by atoms with Gasteiger partial charge in [0.1, 0.15) is 5.82 Å². The van der Waals surface area contributed by atoms with Crippen LogP contribution in [0, 0.1) is 12.7 Å². The second-order valence-electron chi connectivity index (χ2n) is 4.87. The van der Waals surface area contributed by atoms with Crippen molar-refractivity contribution in [3.63, 3.8) is 0 Å². The van der Waals surface area contributed by atoms with Gasteiger partial charge in [0.2, 0.25) is 0 Å². The molecular formula is C16H12ClFN2O. The van der Waals surface area contributed by atoms with Gasteiger partial charge in [-0.3, -0.25) is 4.79 Å². The van der Waals surface area contributed by atoms with Crippen molar-refractivity contribution in [2.45, 2.75) is 6.92 Å². The summed E-state index contributed by atoms with van der Waals surface area (Å²) in [5, 5.41) is 1.10. The number of ketones is 1. The SMILES string of the molecule is Cc1c(N)cc(C(=O)c2c[nH]c3cccc(Cl)c23)cc1F. The fourth-order valence-corrected chi connectivity index (χ4v) is 2.58. The van der Waals surface area contributed by atoms with Crippen molar-refractivity contribution in [2.24, 2.45) is 0 Å². The second kappa shape index (κ2) is 4.90. The average molecular weight is 303 g/mol. The Labute approximate surface area is 125 Å². The van der Waals surface area contributed by atoms with E-state index in [0.29, 0.717) is 21.5 Å². The van der Waals surface area contributed by atoms with E-state index in [-0.39, 0.29) is 17.0 Å². The summed E-state index contributed by atoms with van der Waals surface area (Å²) >= 11 is 6.15. The largest absolute Gasteiger partial charge is 0.398 e. The van der Waals surface area contributed by atoms with Crippen LogP contribution in [0.3, 0.4) is 0 Å². The molecular weight excluding hydrogens is 291 g/mol. The van der Waals surface area contributed by atoms with Crippen LogP contribution in [0.1, 0.15) is 21.5 Å². The summed E-state index contributed by atoms with van der Waals surface area (Å²) in [7, 11) is 0. The molecule has 0 unspecified atom stereocenters. The maximum atomic E-state index is 13.8. The first-order valence-corrected chi connectivity index (χ1v) is 6.72. The molecule has 3 N–H and O–H groups in total. The van der Waals surface area contributed by atoms with Gasteiger partial charge in [0, 0.05) is 39.5 Å². The minimum Gasteiger partial charge on any atom is -0.398 e. The molecule has 21 heavy (non-hydrogen) atoms. The lowest BCUT2D eigenvalue weighted by Gasteiger charge is -2.06. The Morgan fingerprint density at radius 2 is 2.10 bits per heavy atom. The van der Waals surface area contributed by atoms with Crippen LogP contribution >= 0.6 is 11.6 Å². The number of carbonyl (C=O) groups is 1. The van der Waals surface area contributed by atoms with E-state index in [1.54, 1.807) is 25.3 Å². The molecule has 0 amide bonds. The zero-order valence-electron chi connectivity index (χ0n) is 11.2. The topological polar surface area (TPSA) is 58.9 Å². The van der Waals surface area contributed by atoms with Gasteiger partial charge in [0.05, 0.1) is 5.02 Å². The van der Waals surface area contributed by atoms with Crippen LogP contribution in [-0.2, 0) is 0 Å². The summed E-state index contributed by atoms with van der Waals surface area (Å²) in [5.41, 5.74) is 7.68. The van der Waals surface area contributed by atoms with E-state index >= 15 is 0 Å². The molecule has 5 heteroatoms. The quantitative estimate of drug-likeness (QED) is 0.553. The molecule has 0 aliphatic rings. The van der Waals surface area contributed by atoms with E-state index in [2.05, 4.69) is 4.98 Å². The number of carbonyl (C=O) groups excluding carboxylic acids is 1. The van der Waals surface area contributed by atoms with E-state index < -0.39 is 5.82 Å². The van der Waals surface area contributed by atoms with E-state index in [4.69, 9.17) is 17.3 Å². The summed E-state index contributed by atoms with van der Waals surface area (Å²) in [4.78, 5) is 15.6. The van der Waals surface area contributed by atoms with E-state index in [1.807, 2.05) is 6.07 Å². The molecule has 106 valence electrons. The number of rotatable bonds is 2. The molecule has 1 aromatic heterocycles. The lowest BCUT2D eigenvalue weighted by molar-refractivity contribution is 0.104. The van der Waals surface area contributed by atoms with Gasteiger partial charge in [0.25, 0.3) is 0 Å². The standard InChI is InChI=1S/C16H12ClFN2O/c1-8-12(18)5-9(6-13(8)19)16(21)10-7-20-14-4-2-3-11(17)15(10)14/h2-7,20H,19H2,1H3. The molecule has 3 aromatic rings. The lowest BCUT2D eigenvalue weighted by Crippen LogP contribution is -2.04. The number of fused-ring (bicyclic) bond motifs is 1. The van der Waals surface area contributed by atoms with Gasteiger partial charge >= 0.3 is 0 Å². The third-order valence-corrected chi connectivity index (χ3v) is 3.86. The van der Waals surface area contributed by atoms with E-state index in [1.165, 1.54) is 12.1 Å². The summed E-state index contributed by atoms with van der Waals surface area (Å²) in [6.45, 7) is 1.57. The Balaban J connectivity index is 2.17. The van der Waals surface area contributed by atoms with Crippen molar-refractivity contribution < 1.29 is 9.18 Å². The number of nitrogens with two attached hydrogens (primary N) is 1. The van der Waals surface area contributed by atoms with Crippen LogP contribution in [0.4, 0.5) is 10.1 Å². The summed E-state index contributed by atoms with van der Waals surface area (Å²) in [6.07, 6.45) is 1.58. The number of aromatic amines is 1. The van der Waals surface area contributed by atoms with E-state index in [9.17, 15) is 9.18 Å². The molecule has 0 aliphatic heterocycles. The van der Waals surface area contributed by atoms with Crippen LogP contribution in [0.5, 0.6) is 0 Å². The Kier molecular flexibility index (Phi) is 3.18. The zero-order chi connectivity index (χ0) is 15.1. The van der Waals surface area contributed by atoms with Gasteiger partial charge in [-0.05, 0) is 31.2 Å². The van der Waals surface area contributed by atoms with Crippen molar-refractivity contribution in [3.8, 4) is 0 Å². The monoisotopic (exact) mass is 302 g/mol. The molecule has 0 radical (unpaired) electrons. The number of hydrogen-bond donors (Lipinski definition) is 2. The fraction of sp³-hybridized carbons (Fsp3) is 0.0625. The first kappa shape index (κ1) is 13.6. The van der Waals surface area contributed by atoms with Gasteiger partial charge in [0.15, 0.2) is 5.78 Å². The summed E-state index contributed by atoms with van der Waals surface area (Å²) < 4.78 is 13.8. The third kappa shape index (κ3) is 2.17. The first-order chi connectivity index (χ1) is 9.99. The van der Waals surface area contributed by atoms with Gasteiger partial charge in [-0.25, -0.2) is 4.39 Å². The molecule has 0 atom stereocenters. The molecule has 0 spiro atoms. The molecule has 0 bridgehead atoms. The second-order valence-corrected chi connectivity index (χ2v) is 5.27. The third-order valence-electron chi connectivity index (χ3n) is 3.55. The molecule has 2 aromatic carbocycles. The molecule has 3 nitrogen and oxygen atoms in total. The van der Waals surface area contributed by atoms with Gasteiger partial charge in [-0.2, -0.15) is 0 Å². The number of H-pyrrole nitrogens is 1. The summed E-state index contributed by atoms with van der Waals surface area (Å²) in [5.74, 6) is -0.816. The number of halogens is 2. The molecule has 1 heterocycles. The maximum Gasteiger partial charge on any atom is 0.195 e. The first-order valence-electron chi connectivity index (χ1n) is 6.35. The highest BCUT2D eigenvalue weighted by atomic mass is 35.5. The van der Waals surface area contributed by atoms with Gasteiger partial charge < -0.3 is 10.7 Å². The molecule has 0 saturated heterocycles. The zero-order valence-corrected chi connectivity index (χ0v) is 12.0. The number of aromatic nitrogens is 1. The summed E-state index contributed by atoms with van der Waals surface area (Å²) in [6, 6.07) is 8.00.